The molecule has 0 spiro atoms. The van der Waals surface area contributed by atoms with E-state index in [1.165, 1.54) is 0 Å². The van der Waals surface area contributed by atoms with E-state index in [9.17, 15) is 0 Å². The molecule has 3 heterocycles. The molecule has 4 aromatic rings. The van der Waals surface area contributed by atoms with Crippen LogP contribution in [0.25, 0.3) is 22.4 Å². The molecule has 114 valence electrons. The number of benzene rings is 1. The third-order valence-corrected chi connectivity index (χ3v) is 3.68. The van der Waals surface area contributed by atoms with Gasteiger partial charge in [-0.1, -0.05) is 17.3 Å². The lowest BCUT2D eigenvalue weighted by molar-refractivity contribution is 0.526. The van der Waals surface area contributed by atoms with Crippen LogP contribution in [0.5, 0.6) is 0 Å². The van der Waals surface area contributed by atoms with Crippen molar-refractivity contribution in [3.8, 4) is 11.4 Å². The first-order valence-corrected chi connectivity index (χ1v) is 7.31. The molecule has 0 aliphatic carbocycles. The lowest BCUT2D eigenvalue weighted by atomic mass is 10.3. The Labute approximate surface area is 132 Å². The second-order valence-corrected chi connectivity index (χ2v) is 5.27. The topological polar surface area (TPSA) is 87.4 Å². The number of imidazole rings is 1. The number of nitrogen functional groups attached to an aromatic ring is 1. The summed E-state index contributed by atoms with van der Waals surface area (Å²) in [5, 5.41) is 8.32. The van der Waals surface area contributed by atoms with Crippen molar-refractivity contribution < 1.29 is 0 Å². The van der Waals surface area contributed by atoms with Crippen molar-refractivity contribution in [2.75, 3.05) is 5.73 Å². The van der Waals surface area contributed by atoms with Crippen LogP contribution in [0.2, 0.25) is 0 Å². The fourth-order valence-corrected chi connectivity index (χ4v) is 2.48. The fourth-order valence-electron chi connectivity index (χ4n) is 2.48. The van der Waals surface area contributed by atoms with Crippen LogP contribution in [-0.2, 0) is 13.1 Å². The van der Waals surface area contributed by atoms with Crippen LogP contribution in [0, 0.1) is 0 Å². The average Bonchev–Trinajstić information content (AvgIpc) is 3.20. The van der Waals surface area contributed by atoms with Gasteiger partial charge in [-0.25, -0.2) is 4.98 Å². The van der Waals surface area contributed by atoms with Crippen LogP contribution < -0.4 is 5.73 Å². The SMILES string of the molecule is Nc1ccc(-c2cn(CCn3cnc4ccccc43)nn2)nc1. The highest BCUT2D eigenvalue weighted by Crippen LogP contribution is 2.15. The van der Waals surface area contributed by atoms with Crippen LogP contribution in [0.3, 0.4) is 0 Å². The van der Waals surface area contributed by atoms with Crippen LogP contribution in [0.15, 0.2) is 55.1 Å². The zero-order chi connectivity index (χ0) is 15.6. The molecule has 0 radical (unpaired) electrons. The maximum atomic E-state index is 5.64. The number of aryl methyl sites for hydroxylation is 2. The third kappa shape index (κ3) is 2.64. The van der Waals surface area contributed by atoms with E-state index in [0.717, 1.165) is 29.0 Å². The summed E-state index contributed by atoms with van der Waals surface area (Å²) < 4.78 is 3.92. The van der Waals surface area contributed by atoms with E-state index >= 15 is 0 Å². The Hall–Kier alpha value is -3.22. The van der Waals surface area contributed by atoms with Gasteiger partial charge in [-0.2, -0.15) is 0 Å². The van der Waals surface area contributed by atoms with Crippen LogP contribution in [0.1, 0.15) is 0 Å². The van der Waals surface area contributed by atoms with Crippen molar-refractivity contribution in [3.63, 3.8) is 0 Å². The van der Waals surface area contributed by atoms with E-state index < -0.39 is 0 Å². The maximum Gasteiger partial charge on any atom is 0.131 e. The first kappa shape index (κ1) is 13.4. The summed E-state index contributed by atoms with van der Waals surface area (Å²) >= 11 is 0. The smallest absolute Gasteiger partial charge is 0.131 e. The molecular weight excluding hydrogens is 290 g/mol. The summed E-state index contributed by atoms with van der Waals surface area (Å²) in [6, 6.07) is 11.7. The molecule has 0 aliphatic heterocycles. The molecule has 0 saturated carbocycles. The van der Waals surface area contributed by atoms with Gasteiger partial charge in [0.25, 0.3) is 0 Å². The van der Waals surface area contributed by atoms with Crippen molar-refractivity contribution in [1.29, 1.82) is 0 Å². The fraction of sp³-hybridized carbons (Fsp3) is 0.125. The van der Waals surface area contributed by atoms with Crippen molar-refractivity contribution in [1.82, 2.24) is 29.5 Å². The molecule has 0 fully saturated rings. The van der Waals surface area contributed by atoms with E-state index in [2.05, 4.69) is 30.9 Å². The Morgan fingerprint density at radius 1 is 0.957 bits per heavy atom. The van der Waals surface area contributed by atoms with Crippen LogP contribution >= 0.6 is 0 Å². The van der Waals surface area contributed by atoms with Crippen molar-refractivity contribution >= 4 is 16.7 Å². The number of rotatable bonds is 4. The van der Waals surface area contributed by atoms with Crippen molar-refractivity contribution in [3.05, 3.63) is 55.1 Å². The van der Waals surface area contributed by atoms with Gasteiger partial charge >= 0.3 is 0 Å². The molecule has 0 bridgehead atoms. The number of hydrogen-bond acceptors (Lipinski definition) is 5. The lowest BCUT2D eigenvalue weighted by Crippen LogP contribution is -2.07. The van der Waals surface area contributed by atoms with Crippen LogP contribution in [-0.4, -0.2) is 29.5 Å². The Balaban J connectivity index is 1.51. The largest absolute Gasteiger partial charge is 0.397 e. The van der Waals surface area contributed by atoms with Gasteiger partial charge in [-0.15, -0.1) is 5.10 Å². The number of pyridine rings is 1. The minimum atomic E-state index is 0.633. The number of nitrogens with zero attached hydrogens (tertiary/aromatic N) is 6. The second kappa shape index (κ2) is 5.53. The summed E-state index contributed by atoms with van der Waals surface area (Å²) in [6.45, 7) is 1.49. The molecule has 0 saturated heterocycles. The molecule has 2 N–H and O–H groups in total. The predicted octanol–water partition coefficient (Wildman–Crippen LogP) is 1.97. The first-order chi connectivity index (χ1) is 11.3. The zero-order valence-electron chi connectivity index (χ0n) is 12.4. The van der Waals surface area contributed by atoms with E-state index in [4.69, 9.17) is 5.73 Å². The summed E-state index contributed by atoms with van der Waals surface area (Å²) in [7, 11) is 0. The minimum Gasteiger partial charge on any atom is -0.397 e. The molecule has 1 aromatic carbocycles. The monoisotopic (exact) mass is 305 g/mol. The van der Waals surface area contributed by atoms with Crippen molar-refractivity contribution in [2.24, 2.45) is 0 Å². The van der Waals surface area contributed by atoms with Gasteiger partial charge in [0.2, 0.25) is 0 Å². The number of aromatic nitrogens is 6. The highest BCUT2D eigenvalue weighted by Gasteiger charge is 2.06. The zero-order valence-corrected chi connectivity index (χ0v) is 12.4. The summed E-state index contributed by atoms with van der Waals surface area (Å²) in [5.74, 6) is 0. The quantitative estimate of drug-likeness (QED) is 0.623. The summed E-state index contributed by atoms with van der Waals surface area (Å²) in [5.41, 5.74) is 9.89. The number of nitrogens with two attached hydrogens (primary N) is 1. The van der Waals surface area contributed by atoms with Gasteiger partial charge in [0.1, 0.15) is 5.69 Å². The highest BCUT2D eigenvalue weighted by atomic mass is 15.4. The van der Waals surface area contributed by atoms with Gasteiger partial charge in [-0.05, 0) is 24.3 Å². The number of hydrogen-bond donors (Lipinski definition) is 1. The van der Waals surface area contributed by atoms with E-state index in [1.807, 2.05) is 41.5 Å². The summed E-state index contributed by atoms with van der Waals surface area (Å²) in [6.07, 6.45) is 5.35. The lowest BCUT2D eigenvalue weighted by Gasteiger charge is -2.03. The molecule has 0 amide bonds. The number of para-hydroxylation sites is 2. The van der Waals surface area contributed by atoms with Gasteiger partial charge in [0.15, 0.2) is 0 Å². The molecule has 7 heteroatoms. The van der Waals surface area contributed by atoms with Gasteiger partial charge < -0.3 is 10.3 Å². The Kier molecular flexibility index (Phi) is 3.23. The molecule has 0 atom stereocenters. The maximum absolute atomic E-state index is 5.64. The van der Waals surface area contributed by atoms with Crippen LogP contribution in [0.4, 0.5) is 5.69 Å². The number of fused-ring (bicyclic) bond motifs is 1. The Morgan fingerprint density at radius 2 is 1.87 bits per heavy atom. The average molecular weight is 305 g/mol. The van der Waals surface area contributed by atoms with Gasteiger partial charge in [-0.3, -0.25) is 9.67 Å². The molecule has 0 aliphatic rings. The Morgan fingerprint density at radius 3 is 2.74 bits per heavy atom. The molecule has 7 nitrogen and oxygen atoms in total. The number of anilines is 1. The van der Waals surface area contributed by atoms with Gasteiger partial charge in [0, 0.05) is 6.54 Å². The van der Waals surface area contributed by atoms with Crippen molar-refractivity contribution in [2.45, 2.75) is 13.1 Å². The van der Waals surface area contributed by atoms with E-state index in [1.54, 1.807) is 12.3 Å². The second-order valence-electron chi connectivity index (χ2n) is 5.27. The summed E-state index contributed by atoms with van der Waals surface area (Å²) in [4.78, 5) is 8.64. The van der Waals surface area contributed by atoms with Gasteiger partial charge in [0.05, 0.1) is 47.7 Å². The van der Waals surface area contributed by atoms with E-state index in [0.29, 0.717) is 12.2 Å². The minimum absolute atomic E-state index is 0.633. The molecule has 0 unspecified atom stereocenters. The molecule has 23 heavy (non-hydrogen) atoms. The molecular formula is C16H15N7. The normalized spacial score (nSPS) is 11.1. The Bertz CT molecular complexity index is 936. The third-order valence-electron chi connectivity index (χ3n) is 3.68. The first-order valence-electron chi connectivity index (χ1n) is 7.31. The van der Waals surface area contributed by atoms with E-state index in [-0.39, 0.29) is 0 Å². The standard InChI is InChI=1S/C16H15N7/c17-12-5-6-13(18-9-12)15-10-23(21-20-15)8-7-22-11-19-14-3-1-2-4-16(14)22/h1-6,9-11H,7-8,17H2. The molecule has 4 rings (SSSR count). The molecule has 3 aromatic heterocycles. The highest BCUT2D eigenvalue weighted by molar-refractivity contribution is 5.74. The predicted molar refractivity (Wildman–Crippen MR) is 87.4 cm³/mol.